The van der Waals surface area contributed by atoms with Crippen LogP contribution in [-0.4, -0.2) is 47.9 Å². The van der Waals surface area contributed by atoms with E-state index in [1.54, 1.807) is 19.3 Å². The summed E-state index contributed by atoms with van der Waals surface area (Å²) < 4.78 is 0. The standard InChI is InChI=1S/C24H26N4O2/c1-25-23(29)20-10-11-22(26-16-20)27-21-7-4-13-28(14-12-21)24(30)19-9-8-17-5-2-3-6-18(17)15-19/h2-3,5-6,8-11,15-16,21H,4,7,12-14H2,1H3,(H,25,29)(H,26,27). The molecular weight excluding hydrogens is 376 g/mol. The lowest BCUT2D eigenvalue weighted by atomic mass is 10.1. The molecule has 2 N–H and O–H groups in total. The topological polar surface area (TPSA) is 74.3 Å². The maximum atomic E-state index is 13.0. The van der Waals surface area contributed by atoms with Crippen molar-refractivity contribution in [1.29, 1.82) is 0 Å². The van der Waals surface area contributed by atoms with E-state index in [4.69, 9.17) is 0 Å². The van der Waals surface area contributed by atoms with Crippen molar-refractivity contribution in [2.75, 3.05) is 25.5 Å². The van der Waals surface area contributed by atoms with Crippen molar-refractivity contribution < 1.29 is 9.59 Å². The molecule has 1 aromatic heterocycles. The van der Waals surface area contributed by atoms with Crippen molar-refractivity contribution in [1.82, 2.24) is 15.2 Å². The lowest BCUT2D eigenvalue weighted by Crippen LogP contribution is -2.32. The van der Waals surface area contributed by atoms with E-state index >= 15 is 0 Å². The van der Waals surface area contributed by atoms with Crippen LogP contribution in [0.2, 0.25) is 0 Å². The van der Waals surface area contributed by atoms with Gasteiger partial charge in [-0.25, -0.2) is 4.98 Å². The summed E-state index contributed by atoms with van der Waals surface area (Å²) in [6.45, 7) is 1.46. The van der Waals surface area contributed by atoms with Crippen LogP contribution in [0.5, 0.6) is 0 Å². The van der Waals surface area contributed by atoms with Gasteiger partial charge in [0.05, 0.1) is 5.56 Å². The number of rotatable bonds is 4. The van der Waals surface area contributed by atoms with Crippen molar-refractivity contribution in [3.05, 3.63) is 71.9 Å². The van der Waals surface area contributed by atoms with Crippen LogP contribution in [0.4, 0.5) is 5.82 Å². The van der Waals surface area contributed by atoms with Gasteiger partial charge in [-0.15, -0.1) is 0 Å². The number of hydrogen-bond acceptors (Lipinski definition) is 4. The predicted octanol–water partition coefficient (Wildman–Crippen LogP) is 3.70. The second-order valence-corrected chi connectivity index (χ2v) is 7.64. The molecule has 1 unspecified atom stereocenters. The van der Waals surface area contributed by atoms with Gasteiger partial charge >= 0.3 is 0 Å². The molecule has 1 aliphatic heterocycles. The third-order valence-electron chi connectivity index (χ3n) is 5.62. The van der Waals surface area contributed by atoms with E-state index in [-0.39, 0.29) is 17.9 Å². The molecule has 2 heterocycles. The minimum Gasteiger partial charge on any atom is -0.367 e. The smallest absolute Gasteiger partial charge is 0.253 e. The van der Waals surface area contributed by atoms with E-state index in [0.29, 0.717) is 12.1 Å². The first-order chi connectivity index (χ1) is 14.6. The quantitative estimate of drug-likeness (QED) is 0.698. The molecule has 6 nitrogen and oxygen atoms in total. The molecule has 1 saturated heterocycles. The Bertz CT molecular complexity index is 1050. The molecule has 0 aliphatic carbocycles. The zero-order chi connectivity index (χ0) is 20.9. The average molecular weight is 402 g/mol. The van der Waals surface area contributed by atoms with Crippen molar-refractivity contribution >= 4 is 28.4 Å². The lowest BCUT2D eigenvalue weighted by molar-refractivity contribution is 0.0761. The number of benzene rings is 2. The molecule has 2 aromatic carbocycles. The zero-order valence-electron chi connectivity index (χ0n) is 17.1. The highest BCUT2D eigenvalue weighted by molar-refractivity contribution is 5.98. The zero-order valence-corrected chi connectivity index (χ0v) is 17.1. The molecule has 154 valence electrons. The van der Waals surface area contributed by atoms with E-state index in [1.165, 1.54) is 0 Å². The first-order valence-corrected chi connectivity index (χ1v) is 10.4. The Kier molecular flexibility index (Phi) is 5.93. The number of carbonyl (C=O) groups excluding carboxylic acids is 2. The van der Waals surface area contributed by atoms with Crippen LogP contribution >= 0.6 is 0 Å². The summed E-state index contributed by atoms with van der Waals surface area (Å²) in [6.07, 6.45) is 4.35. The summed E-state index contributed by atoms with van der Waals surface area (Å²) >= 11 is 0. The highest BCUT2D eigenvalue weighted by Gasteiger charge is 2.22. The number of hydrogen-bond donors (Lipinski definition) is 2. The van der Waals surface area contributed by atoms with Crippen LogP contribution in [0, 0.1) is 0 Å². The summed E-state index contributed by atoms with van der Waals surface area (Å²) in [7, 11) is 1.60. The second-order valence-electron chi connectivity index (χ2n) is 7.64. The highest BCUT2D eigenvalue weighted by atomic mass is 16.2. The predicted molar refractivity (Wildman–Crippen MR) is 119 cm³/mol. The minimum atomic E-state index is -0.147. The first kappa shape index (κ1) is 19.9. The Hall–Kier alpha value is -3.41. The van der Waals surface area contributed by atoms with E-state index in [1.807, 2.05) is 47.4 Å². The van der Waals surface area contributed by atoms with Crippen molar-refractivity contribution in [3.63, 3.8) is 0 Å². The van der Waals surface area contributed by atoms with Gasteiger partial charge in [-0.05, 0) is 54.3 Å². The van der Waals surface area contributed by atoms with E-state index < -0.39 is 0 Å². The minimum absolute atomic E-state index is 0.0921. The van der Waals surface area contributed by atoms with Crippen LogP contribution < -0.4 is 10.6 Å². The number of carbonyl (C=O) groups is 2. The van der Waals surface area contributed by atoms with E-state index in [0.717, 1.165) is 48.0 Å². The molecule has 3 aromatic rings. The fourth-order valence-corrected chi connectivity index (χ4v) is 3.92. The van der Waals surface area contributed by atoms with Crippen molar-refractivity contribution in [3.8, 4) is 0 Å². The molecule has 2 amide bonds. The SMILES string of the molecule is CNC(=O)c1ccc(NC2CCCN(C(=O)c3ccc4ccccc4c3)CC2)nc1. The van der Waals surface area contributed by atoms with Crippen LogP contribution in [-0.2, 0) is 0 Å². The molecule has 4 rings (SSSR count). The van der Waals surface area contributed by atoms with Crippen LogP contribution in [0.25, 0.3) is 10.8 Å². The fraction of sp³-hybridized carbons (Fsp3) is 0.292. The van der Waals surface area contributed by atoms with Crippen LogP contribution in [0.1, 0.15) is 40.0 Å². The van der Waals surface area contributed by atoms with Gasteiger partial charge in [-0.2, -0.15) is 0 Å². The van der Waals surface area contributed by atoms with E-state index in [9.17, 15) is 9.59 Å². The van der Waals surface area contributed by atoms with Gasteiger partial charge in [0.15, 0.2) is 0 Å². The monoisotopic (exact) mass is 402 g/mol. The summed E-state index contributed by atoms with van der Waals surface area (Å²) in [6, 6.07) is 17.8. The number of pyridine rings is 1. The number of likely N-dealkylation sites (tertiary alicyclic amines) is 1. The molecule has 6 heteroatoms. The van der Waals surface area contributed by atoms with Crippen LogP contribution in [0.15, 0.2) is 60.8 Å². The third kappa shape index (κ3) is 4.43. The molecule has 1 atom stereocenters. The maximum Gasteiger partial charge on any atom is 0.253 e. The number of fused-ring (bicyclic) bond motifs is 1. The largest absolute Gasteiger partial charge is 0.367 e. The number of aromatic nitrogens is 1. The van der Waals surface area contributed by atoms with E-state index in [2.05, 4.69) is 21.7 Å². The Morgan fingerprint density at radius 1 is 0.967 bits per heavy atom. The fourth-order valence-electron chi connectivity index (χ4n) is 3.92. The van der Waals surface area contributed by atoms with Crippen molar-refractivity contribution in [2.45, 2.75) is 25.3 Å². The Labute approximate surface area is 176 Å². The van der Waals surface area contributed by atoms with Crippen molar-refractivity contribution in [2.24, 2.45) is 0 Å². The third-order valence-corrected chi connectivity index (χ3v) is 5.62. The van der Waals surface area contributed by atoms with Gasteiger partial charge in [0, 0.05) is 37.9 Å². The Morgan fingerprint density at radius 3 is 2.53 bits per heavy atom. The molecule has 1 fully saturated rings. The number of amides is 2. The lowest BCUT2D eigenvalue weighted by Gasteiger charge is -2.21. The normalized spacial score (nSPS) is 16.7. The molecule has 0 bridgehead atoms. The number of anilines is 1. The Balaban J connectivity index is 1.38. The highest BCUT2D eigenvalue weighted by Crippen LogP contribution is 2.20. The first-order valence-electron chi connectivity index (χ1n) is 10.4. The number of nitrogens with one attached hydrogen (secondary N) is 2. The molecule has 1 aliphatic rings. The molecule has 30 heavy (non-hydrogen) atoms. The van der Waals surface area contributed by atoms with Crippen LogP contribution in [0.3, 0.4) is 0 Å². The van der Waals surface area contributed by atoms with Gasteiger partial charge in [-0.3, -0.25) is 9.59 Å². The molecule has 0 radical (unpaired) electrons. The summed E-state index contributed by atoms with van der Waals surface area (Å²) in [5.41, 5.74) is 1.28. The summed E-state index contributed by atoms with van der Waals surface area (Å²) in [4.78, 5) is 31.0. The van der Waals surface area contributed by atoms with Gasteiger partial charge < -0.3 is 15.5 Å². The van der Waals surface area contributed by atoms with Gasteiger partial charge in [0.2, 0.25) is 0 Å². The molecule has 0 saturated carbocycles. The summed E-state index contributed by atoms with van der Waals surface area (Å²) in [5.74, 6) is 0.697. The Morgan fingerprint density at radius 2 is 1.77 bits per heavy atom. The summed E-state index contributed by atoms with van der Waals surface area (Å²) in [5, 5.41) is 8.27. The molecular formula is C24H26N4O2. The number of nitrogens with zero attached hydrogens (tertiary/aromatic N) is 2. The maximum absolute atomic E-state index is 13.0. The van der Waals surface area contributed by atoms with Gasteiger partial charge in [-0.1, -0.05) is 30.3 Å². The van der Waals surface area contributed by atoms with Gasteiger partial charge in [0.25, 0.3) is 11.8 Å². The average Bonchev–Trinajstić information content (AvgIpc) is 3.04. The van der Waals surface area contributed by atoms with Gasteiger partial charge in [0.1, 0.15) is 5.82 Å². The molecule has 0 spiro atoms. The second kappa shape index (κ2) is 8.95.